The smallest absolute Gasteiger partial charge is 0.236 e. The topological polar surface area (TPSA) is 26.8 Å². The maximum Gasteiger partial charge on any atom is 0.236 e. The molecule has 2 aromatic rings. The van der Waals surface area contributed by atoms with Crippen LogP contribution in [0.1, 0.15) is 36.4 Å². The molecule has 4 nitrogen and oxygen atoms in total. The second kappa shape index (κ2) is 10.1. The molecule has 0 saturated carbocycles. The molecular weight excluding hydrogens is 417 g/mol. The first-order chi connectivity index (χ1) is 14.6. The van der Waals surface area contributed by atoms with Crippen molar-refractivity contribution in [1.29, 1.82) is 0 Å². The molecular formula is C24H29Cl2N3O. The fourth-order valence-electron chi connectivity index (χ4n) is 4.57. The zero-order valence-electron chi connectivity index (χ0n) is 17.3. The zero-order valence-corrected chi connectivity index (χ0v) is 18.8. The average Bonchev–Trinajstić information content (AvgIpc) is 2.78. The predicted molar refractivity (Wildman–Crippen MR) is 123 cm³/mol. The van der Waals surface area contributed by atoms with Gasteiger partial charge in [0.15, 0.2) is 0 Å². The van der Waals surface area contributed by atoms with E-state index < -0.39 is 0 Å². The molecule has 0 radical (unpaired) electrons. The number of benzene rings is 2. The van der Waals surface area contributed by atoms with Crippen molar-refractivity contribution in [2.75, 3.05) is 45.8 Å². The minimum absolute atomic E-state index is 0.0512. The summed E-state index contributed by atoms with van der Waals surface area (Å²) in [4.78, 5) is 19.6. The molecule has 1 unspecified atom stereocenters. The summed E-state index contributed by atoms with van der Waals surface area (Å²) in [6, 6.07) is 16.1. The molecule has 1 amide bonds. The van der Waals surface area contributed by atoms with Crippen LogP contribution >= 0.6 is 23.2 Å². The molecule has 2 aliphatic heterocycles. The minimum Gasteiger partial charge on any atom is -0.339 e. The Bertz CT molecular complexity index is 844. The van der Waals surface area contributed by atoms with Crippen LogP contribution in [0, 0.1) is 0 Å². The summed E-state index contributed by atoms with van der Waals surface area (Å²) >= 11 is 12.7. The van der Waals surface area contributed by atoms with Crippen molar-refractivity contribution in [3.63, 3.8) is 0 Å². The highest BCUT2D eigenvalue weighted by atomic mass is 35.5. The van der Waals surface area contributed by atoms with E-state index >= 15 is 0 Å². The number of piperidine rings is 1. The van der Waals surface area contributed by atoms with Gasteiger partial charge < -0.3 is 4.90 Å². The van der Waals surface area contributed by atoms with E-state index in [-0.39, 0.29) is 11.9 Å². The summed E-state index contributed by atoms with van der Waals surface area (Å²) in [7, 11) is 0. The van der Waals surface area contributed by atoms with Gasteiger partial charge in [0.05, 0.1) is 12.6 Å². The van der Waals surface area contributed by atoms with Crippen LogP contribution in [0.5, 0.6) is 0 Å². The Morgan fingerprint density at radius 3 is 2.17 bits per heavy atom. The molecule has 0 aromatic heterocycles. The molecule has 2 fully saturated rings. The number of nitrogens with zero attached hydrogens (tertiary/aromatic N) is 3. The third-order valence-corrected chi connectivity index (χ3v) is 6.82. The fourth-order valence-corrected chi connectivity index (χ4v) is 4.93. The van der Waals surface area contributed by atoms with Crippen LogP contribution in [-0.4, -0.2) is 66.4 Å². The van der Waals surface area contributed by atoms with E-state index in [2.05, 4.69) is 28.0 Å². The monoisotopic (exact) mass is 445 g/mol. The lowest BCUT2D eigenvalue weighted by Gasteiger charge is -2.40. The molecule has 2 aliphatic rings. The maximum atomic E-state index is 12.8. The van der Waals surface area contributed by atoms with E-state index in [1.807, 2.05) is 35.2 Å². The van der Waals surface area contributed by atoms with Crippen molar-refractivity contribution in [2.24, 2.45) is 0 Å². The zero-order chi connectivity index (χ0) is 20.9. The lowest BCUT2D eigenvalue weighted by Crippen LogP contribution is -2.52. The summed E-state index contributed by atoms with van der Waals surface area (Å²) in [6.07, 6.45) is 3.71. The lowest BCUT2D eigenvalue weighted by atomic mass is 9.96. The molecule has 0 bridgehead atoms. The molecule has 2 heterocycles. The maximum absolute atomic E-state index is 12.8. The summed E-state index contributed by atoms with van der Waals surface area (Å²) in [5.41, 5.74) is 2.26. The highest BCUT2D eigenvalue weighted by molar-refractivity contribution is 6.31. The van der Waals surface area contributed by atoms with Crippen molar-refractivity contribution in [2.45, 2.75) is 25.3 Å². The van der Waals surface area contributed by atoms with Crippen LogP contribution in [0.15, 0.2) is 48.5 Å². The second-order valence-electron chi connectivity index (χ2n) is 8.23. The summed E-state index contributed by atoms with van der Waals surface area (Å²) in [6.45, 7) is 5.82. The van der Waals surface area contributed by atoms with Gasteiger partial charge in [-0.15, -0.1) is 0 Å². The molecule has 2 saturated heterocycles. The van der Waals surface area contributed by atoms with Crippen LogP contribution in [0.2, 0.25) is 10.0 Å². The van der Waals surface area contributed by atoms with Crippen molar-refractivity contribution in [3.05, 3.63) is 69.7 Å². The molecule has 6 heteroatoms. The van der Waals surface area contributed by atoms with Crippen molar-refractivity contribution in [1.82, 2.24) is 14.7 Å². The first-order valence-electron chi connectivity index (χ1n) is 10.9. The highest BCUT2D eigenvalue weighted by Gasteiger charge is 2.29. The fraction of sp³-hybridized carbons (Fsp3) is 0.458. The van der Waals surface area contributed by atoms with E-state index in [9.17, 15) is 4.79 Å². The summed E-state index contributed by atoms with van der Waals surface area (Å²) in [5.74, 6) is 0.261. The van der Waals surface area contributed by atoms with Crippen LogP contribution in [-0.2, 0) is 4.79 Å². The first kappa shape index (κ1) is 21.6. The van der Waals surface area contributed by atoms with E-state index in [0.29, 0.717) is 6.54 Å². The Balaban J connectivity index is 1.46. The number of halogens is 2. The number of carbonyl (C=O) groups excluding carboxylic acids is 1. The molecule has 30 heavy (non-hydrogen) atoms. The Hall–Kier alpha value is -1.59. The van der Waals surface area contributed by atoms with Crippen LogP contribution in [0.4, 0.5) is 0 Å². The Labute approximate surface area is 189 Å². The van der Waals surface area contributed by atoms with Crippen molar-refractivity contribution >= 4 is 29.1 Å². The Kier molecular flexibility index (Phi) is 7.32. The third-order valence-electron chi connectivity index (χ3n) is 6.23. The van der Waals surface area contributed by atoms with Gasteiger partial charge in [-0.1, -0.05) is 60.0 Å². The van der Waals surface area contributed by atoms with Gasteiger partial charge in [-0.25, -0.2) is 0 Å². The molecule has 0 spiro atoms. The molecule has 0 N–H and O–H groups in total. The standard InChI is InChI=1S/C24H29Cl2N3O/c25-20-10-8-19(9-11-20)24(21-6-2-3-7-22(21)26)29-16-14-28(15-17-29)23(30)18-27-12-4-1-5-13-27/h2-3,6-11,24H,1,4-5,12-18H2. The van der Waals surface area contributed by atoms with Gasteiger partial charge >= 0.3 is 0 Å². The number of carbonyl (C=O) groups is 1. The Morgan fingerprint density at radius 1 is 0.833 bits per heavy atom. The Morgan fingerprint density at radius 2 is 1.50 bits per heavy atom. The molecule has 2 aromatic carbocycles. The number of hydrogen-bond donors (Lipinski definition) is 0. The minimum atomic E-state index is 0.0512. The SMILES string of the molecule is O=C(CN1CCCCC1)N1CCN(C(c2ccc(Cl)cc2)c2ccccc2Cl)CC1. The van der Waals surface area contributed by atoms with E-state index in [0.717, 1.165) is 54.9 Å². The molecule has 0 aliphatic carbocycles. The van der Waals surface area contributed by atoms with Gasteiger partial charge in [0, 0.05) is 36.2 Å². The summed E-state index contributed by atoms with van der Waals surface area (Å²) < 4.78 is 0. The third kappa shape index (κ3) is 5.17. The number of hydrogen-bond acceptors (Lipinski definition) is 3. The molecule has 160 valence electrons. The normalized spacial score (nSPS) is 19.6. The highest BCUT2D eigenvalue weighted by Crippen LogP contribution is 2.34. The average molecular weight is 446 g/mol. The largest absolute Gasteiger partial charge is 0.339 e. The number of likely N-dealkylation sites (tertiary alicyclic amines) is 1. The van der Waals surface area contributed by atoms with Gasteiger partial charge in [-0.2, -0.15) is 0 Å². The number of piperazine rings is 1. The molecule has 4 rings (SSSR count). The van der Waals surface area contributed by atoms with Crippen LogP contribution in [0.3, 0.4) is 0 Å². The quantitative estimate of drug-likeness (QED) is 0.666. The van der Waals surface area contributed by atoms with Crippen molar-refractivity contribution in [3.8, 4) is 0 Å². The van der Waals surface area contributed by atoms with E-state index in [4.69, 9.17) is 23.2 Å². The van der Waals surface area contributed by atoms with E-state index in [1.54, 1.807) is 0 Å². The van der Waals surface area contributed by atoms with Crippen LogP contribution < -0.4 is 0 Å². The molecule has 1 atom stereocenters. The van der Waals surface area contributed by atoms with E-state index in [1.165, 1.54) is 24.8 Å². The van der Waals surface area contributed by atoms with Crippen LogP contribution in [0.25, 0.3) is 0 Å². The number of amides is 1. The van der Waals surface area contributed by atoms with Crippen molar-refractivity contribution < 1.29 is 4.79 Å². The van der Waals surface area contributed by atoms with Gasteiger partial charge in [0.1, 0.15) is 0 Å². The second-order valence-corrected chi connectivity index (χ2v) is 9.07. The van der Waals surface area contributed by atoms with Gasteiger partial charge in [-0.05, 0) is 55.3 Å². The summed E-state index contributed by atoms with van der Waals surface area (Å²) in [5, 5.41) is 1.49. The lowest BCUT2D eigenvalue weighted by molar-refractivity contribution is -0.134. The first-order valence-corrected chi connectivity index (χ1v) is 11.6. The van der Waals surface area contributed by atoms with Gasteiger partial charge in [0.2, 0.25) is 5.91 Å². The van der Waals surface area contributed by atoms with Gasteiger partial charge in [0.25, 0.3) is 0 Å². The number of rotatable bonds is 5. The predicted octanol–water partition coefficient (Wildman–Crippen LogP) is 4.71. The van der Waals surface area contributed by atoms with Gasteiger partial charge in [-0.3, -0.25) is 14.6 Å².